The summed E-state index contributed by atoms with van der Waals surface area (Å²) in [7, 11) is 0. The van der Waals surface area contributed by atoms with E-state index in [-0.39, 0.29) is 23.7 Å². The van der Waals surface area contributed by atoms with E-state index < -0.39 is 6.36 Å². The van der Waals surface area contributed by atoms with Gasteiger partial charge >= 0.3 is 6.36 Å². The number of benzene rings is 1. The number of anilines is 2. The van der Waals surface area contributed by atoms with Crippen LogP contribution in [0.5, 0.6) is 5.75 Å². The molecule has 2 heterocycles. The SMILES string of the molecule is N#Cc1cnc(NCc2ccccc2OC(F)(F)F)nc1NCC12CC3C[C@H](C1)C(NC1CCSCC1)[C@@H](C3)C2. The van der Waals surface area contributed by atoms with Crippen LogP contribution < -0.4 is 20.7 Å². The van der Waals surface area contributed by atoms with Crippen LogP contribution >= 0.6 is 11.8 Å². The smallest absolute Gasteiger partial charge is 0.405 e. The monoisotopic (exact) mass is 572 g/mol. The summed E-state index contributed by atoms with van der Waals surface area (Å²) >= 11 is 2.07. The summed E-state index contributed by atoms with van der Waals surface area (Å²) in [4.78, 5) is 8.75. The summed E-state index contributed by atoms with van der Waals surface area (Å²) in [6.07, 6.45) is 5.48. The summed E-state index contributed by atoms with van der Waals surface area (Å²) in [6.45, 7) is 0.803. The van der Waals surface area contributed by atoms with Crippen LogP contribution in [0, 0.1) is 34.5 Å². The number of nitrogens with one attached hydrogen (secondary N) is 3. The van der Waals surface area contributed by atoms with E-state index in [1.54, 1.807) is 12.1 Å². The van der Waals surface area contributed by atoms with Gasteiger partial charge in [-0.25, -0.2) is 4.98 Å². The molecule has 7 nitrogen and oxygen atoms in total. The Morgan fingerprint density at radius 1 is 1.07 bits per heavy atom. The van der Waals surface area contributed by atoms with Crippen molar-refractivity contribution in [1.29, 1.82) is 5.26 Å². The molecular weight excluding hydrogens is 537 g/mol. The summed E-state index contributed by atoms with van der Waals surface area (Å²) in [5, 5.41) is 20.3. The minimum absolute atomic E-state index is 0.0423. The van der Waals surface area contributed by atoms with Crippen LogP contribution in [-0.2, 0) is 6.54 Å². The number of nitriles is 1. The Balaban J connectivity index is 1.11. The van der Waals surface area contributed by atoms with Gasteiger partial charge in [0.2, 0.25) is 5.95 Å². The fourth-order valence-electron chi connectivity index (χ4n) is 7.82. The molecule has 4 saturated carbocycles. The number of halogens is 3. The van der Waals surface area contributed by atoms with Crippen molar-refractivity contribution >= 4 is 23.5 Å². The van der Waals surface area contributed by atoms with Crippen molar-refractivity contribution in [2.75, 3.05) is 28.7 Å². The van der Waals surface area contributed by atoms with Crippen molar-refractivity contribution in [2.45, 2.75) is 69.9 Å². The Morgan fingerprint density at radius 2 is 1.82 bits per heavy atom. The zero-order valence-corrected chi connectivity index (χ0v) is 23.2. The molecule has 1 saturated heterocycles. The number of aromatic nitrogens is 2. The molecule has 0 amide bonds. The Bertz CT molecular complexity index is 1230. The summed E-state index contributed by atoms with van der Waals surface area (Å²) in [5.41, 5.74) is 0.882. The van der Waals surface area contributed by atoms with E-state index in [0.29, 0.717) is 40.9 Å². The quantitative estimate of drug-likeness (QED) is 0.339. The molecule has 0 radical (unpaired) electrons. The van der Waals surface area contributed by atoms with Crippen molar-refractivity contribution in [1.82, 2.24) is 15.3 Å². The fourth-order valence-corrected chi connectivity index (χ4v) is 8.93. The second-order valence-electron chi connectivity index (χ2n) is 12.0. The molecule has 1 aliphatic heterocycles. The van der Waals surface area contributed by atoms with Crippen LogP contribution in [0.4, 0.5) is 24.9 Å². The maximum atomic E-state index is 12.8. The molecule has 40 heavy (non-hydrogen) atoms. The van der Waals surface area contributed by atoms with Gasteiger partial charge in [0.05, 0.1) is 6.20 Å². The van der Waals surface area contributed by atoms with E-state index >= 15 is 0 Å². The lowest BCUT2D eigenvalue weighted by atomic mass is 9.48. The molecule has 4 bridgehead atoms. The molecule has 11 heteroatoms. The molecule has 2 aromatic rings. The Morgan fingerprint density at radius 3 is 2.55 bits per heavy atom. The number of hydrogen-bond acceptors (Lipinski definition) is 8. The van der Waals surface area contributed by atoms with E-state index in [1.807, 2.05) is 0 Å². The molecular formula is C29H35F3N6OS. The third-order valence-corrected chi connectivity index (χ3v) is 10.3. The van der Waals surface area contributed by atoms with Gasteiger partial charge in [0, 0.05) is 30.7 Å². The van der Waals surface area contributed by atoms with Gasteiger partial charge in [0.25, 0.3) is 0 Å². The predicted molar refractivity (Wildman–Crippen MR) is 149 cm³/mol. The van der Waals surface area contributed by atoms with Gasteiger partial charge in [0.1, 0.15) is 23.2 Å². The highest BCUT2D eigenvalue weighted by molar-refractivity contribution is 7.99. The number of thioether (sulfide) groups is 1. The Hall–Kier alpha value is -2.71. The lowest BCUT2D eigenvalue weighted by molar-refractivity contribution is -0.274. The van der Waals surface area contributed by atoms with Gasteiger partial charge in [-0.1, -0.05) is 18.2 Å². The topological polar surface area (TPSA) is 94.9 Å². The van der Waals surface area contributed by atoms with Crippen LogP contribution in [0.25, 0.3) is 0 Å². The predicted octanol–water partition coefficient (Wildman–Crippen LogP) is 5.95. The van der Waals surface area contributed by atoms with Crippen LogP contribution in [-0.4, -0.2) is 46.5 Å². The van der Waals surface area contributed by atoms with Crippen molar-refractivity contribution in [3.8, 4) is 11.8 Å². The first kappa shape index (κ1) is 27.5. The van der Waals surface area contributed by atoms with Gasteiger partial charge < -0.3 is 20.7 Å². The van der Waals surface area contributed by atoms with Crippen molar-refractivity contribution in [3.63, 3.8) is 0 Å². The van der Waals surface area contributed by atoms with E-state index in [2.05, 4.69) is 48.5 Å². The van der Waals surface area contributed by atoms with Gasteiger partial charge in [-0.2, -0.15) is 22.0 Å². The largest absolute Gasteiger partial charge is 0.573 e. The van der Waals surface area contributed by atoms with Gasteiger partial charge in [-0.3, -0.25) is 0 Å². The Labute approximate surface area is 237 Å². The highest BCUT2D eigenvalue weighted by atomic mass is 32.2. The second kappa shape index (κ2) is 11.3. The lowest BCUT2D eigenvalue weighted by Gasteiger charge is -2.61. The molecule has 214 valence electrons. The molecule has 1 aromatic heterocycles. The highest BCUT2D eigenvalue weighted by Gasteiger charge is 2.55. The first-order valence-electron chi connectivity index (χ1n) is 14.2. The minimum Gasteiger partial charge on any atom is -0.405 e. The molecule has 1 aromatic carbocycles. The first-order chi connectivity index (χ1) is 19.3. The van der Waals surface area contributed by atoms with Crippen molar-refractivity contribution < 1.29 is 17.9 Å². The molecule has 4 aliphatic carbocycles. The maximum Gasteiger partial charge on any atom is 0.573 e. The summed E-state index contributed by atoms with van der Waals surface area (Å²) in [6, 6.07) is 9.43. The lowest BCUT2D eigenvalue weighted by Crippen LogP contribution is -2.61. The van der Waals surface area contributed by atoms with Crippen LogP contribution in [0.15, 0.2) is 30.5 Å². The zero-order chi connectivity index (χ0) is 27.7. The average Bonchev–Trinajstić information content (AvgIpc) is 2.93. The third kappa shape index (κ3) is 6.13. The summed E-state index contributed by atoms with van der Waals surface area (Å²) in [5.74, 6) is 5.15. The van der Waals surface area contributed by atoms with Crippen LogP contribution in [0.2, 0.25) is 0 Å². The van der Waals surface area contributed by atoms with E-state index in [0.717, 1.165) is 12.5 Å². The maximum absolute atomic E-state index is 12.8. The number of nitrogens with zero attached hydrogens (tertiary/aromatic N) is 3. The second-order valence-corrected chi connectivity index (χ2v) is 13.2. The van der Waals surface area contributed by atoms with E-state index in [9.17, 15) is 18.4 Å². The number of hydrogen-bond donors (Lipinski definition) is 3. The normalized spacial score (nSPS) is 29.6. The number of alkyl halides is 3. The van der Waals surface area contributed by atoms with E-state index in [4.69, 9.17) is 0 Å². The molecule has 5 aliphatic rings. The number of rotatable bonds is 9. The Kier molecular flexibility index (Phi) is 7.75. The third-order valence-electron chi connectivity index (χ3n) is 9.22. The molecule has 5 fully saturated rings. The average molecular weight is 573 g/mol. The number of para-hydroxylation sites is 1. The van der Waals surface area contributed by atoms with Crippen molar-refractivity contribution in [2.24, 2.45) is 23.2 Å². The van der Waals surface area contributed by atoms with Crippen molar-refractivity contribution in [3.05, 3.63) is 41.6 Å². The van der Waals surface area contributed by atoms with Gasteiger partial charge in [-0.15, -0.1) is 13.2 Å². The van der Waals surface area contributed by atoms with Gasteiger partial charge in [0.15, 0.2) is 0 Å². The fraction of sp³-hybridized carbons (Fsp3) is 0.621. The molecule has 3 unspecified atom stereocenters. The summed E-state index contributed by atoms with van der Waals surface area (Å²) < 4.78 is 42.5. The first-order valence-corrected chi connectivity index (χ1v) is 15.4. The number of ether oxygens (including phenoxy) is 1. The zero-order valence-electron chi connectivity index (χ0n) is 22.3. The highest BCUT2D eigenvalue weighted by Crippen LogP contribution is 2.60. The van der Waals surface area contributed by atoms with Crippen LogP contribution in [0.3, 0.4) is 0 Å². The molecule has 7 rings (SSSR count). The minimum atomic E-state index is -4.78. The van der Waals surface area contributed by atoms with Crippen LogP contribution in [0.1, 0.15) is 56.1 Å². The van der Waals surface area contributed by atoms with E-state index in [1.165, 1.54) is 74.8 Å². The van der Waals surface area contributed by atoms with Gasteiger partial charge in [-0.05, 0) is 85.7 Å². The molecule has 0 spiro atoms. The molecule has 3 N–H and O–H groups in total. The standard InChI is InChI=1S/C29H35F3N6OS/c30-29(31,32)39-24-4-2-1-3-19(24)15-34-27-35-16-22(14-33)26(38-27)36-17-28-11-18-9-20(12-28)25(21(10-18)13-28)37-23-5-7-40-8-6-23/h1-4,16,18,20-21,23,25,37H,5-13,15,17H2,(H2,34,35,36,38)/t18?,20-,21+,25?,28?. The molecule has 5 atom stereocenters.